The number of rotatable bonds is 4. The van der Waals surface area contributed by atoms with E-state index in [0.717, 1.165) is 11.6 Å². The van der Waals surface area contributed by atoms with Crippen molar-refractivity contribution in [3.63, 3.8) is 0 Å². The van der Waals surface area contributed by atoms with Crippen molar-refractivity contribution in [1.82, 2.24) is 5.32 Å². The standard InChI is InChI=1S/C12H13ClIN/c1-3-5-12(15-4-2)10-8-9(13)6-7-11(10)14/h1,6-8,12,15H,4-5H2,2H3. The molecule has 3 heteroatoms. The molecule has 1 unspecified atom stereocenters. The lowest BCUT2D eigenvalue weighted by molar-refractivity contribution is 0.563. The molecule has 1 aromatic carbocycles. The van der Waals surface area contributed by atoms with Gasteiger partial charge in [0.05, 0.1) is 0 Å². The van der Waals surface area contributed by atoms with Crippen LogP contribution in [0.2, 0.25) is 5.02 Å². The van der Waals surface area contributed by atoms with E-state index in [2.05, 4.69) is 40.8 Å². The van der Waals surface area contributed by atoms with Crippen molar-refractivity contribution in [2.24, 2.45) is 0 Å². The molecule has 0 aliphatic rings. The van der Waals surface area contributed by atoms with Crippen LogP contribution in [0.4, 0.5) is 0 Å². The highest BCUT2D eigenvalue weighted by Crippen LogP contribution is 2.25. The van der Waals surface area contributed by atoms with E-state index in [1.54, 1.807) is 0 Å². The van der Waals surface area contributed by atoms with Gasteiger partial charge in [-0.3, -0.25) is 0 Å². The summed E-state index contributed by atoms with van der Waals surface area (Å²) in [7, 11) is 0. The molecule has 0 heterocycles. The first-order valence-corrected chi connectivity index (χ1v) is 6.26. The van der Waals surface area contributed by atoms with Gasteiger partial charge in [-0.1, -0.05) is 18.5 Å². The fraction of sp³-hybridized carbons (Fsp3) is 0.333. The molecule has 1 aromatic rings. The molecule has 0 saturated carbocycles. The van der Waals surface area contributed by atoms with Crippen LogP contribution < -0.4 is 5.32 Å². The summed E-state index contributed by atoms with van der Waals surface area (Å²) in [5, 5.41) is 4.12. The van der Waals surface area contributed by atoms with Crippen molar-refractivity contribution in [3.05, 3.63) is 32.4 Å². The SMILES string of the molecule is C#CCC(NCC)c1cc(Cl)ccc1I. The molecule has 0 aromatic heterocycles. The summed E-state index contributed by atoms with van der Waals surface area (Å²) in [6.45, 7) is 2.97. The normalized spacial score (nSPS) is 12.1. The zero-order valence-corrected chi connectivity index (χ0v) is 11.5. The Kier molecular flexibility index (Phi) is 5.44. The number of terminal acetylenes is 1. The van der Waals surface area contributed by atoms with Gasteiger partial charge in [-0.2, -0.15) is 0 Å². The van der Waals surface area contributed by atoms with Crippen molar-refractivity contribution in [2.75, 3.05) is 6.54 Å². The molecule has 0 aliphatic heterocycles. The fourth-order valence-corrected chi connectivity index (χ4v) is 2.33. The van der Waals surface area contributed by atoms with Gasteiger partial charge in [0, 0.05) is 21.1 Å². The topological polar surface area (TPSA) is 12.0 Å². The summed E-state index contributed by atoms with van der Waals surface area (Å²) in [6, 6.07) is 6.09. The molecule has 1 rings (SSSR count). The van der Waals surface area contributed by atoms with Gasteiger partial charge < -0.3 is 5.32 Å². The van der Waals surface area contributed by atoms with Crippen LogP contribution in [0, 0.1) is 15.9 Å². The summed E-state index contributed by atoms with van der Waals surface area (Å²) in [5.74, 6) is 2.69. The summed E-state index contributed by atoms with van der Waals surface area (Å²) < 4.78 is 1.19. The Morgan fingerprint density at radius 2 is 2.33 bits per heavy atom. The van der Waals surface area contributed by atoms with Crippen molar-refractivity contribution in [3.8, 4) is 12.3 Å². The van der Waals surface area contributed by atoms with Crippen LogP contribution in [0.5, 0.6) is 0 Å². The predicted molar refractivity (Wildman–Crippen MR) is 74.0 cm³/mol. The zero-order valence-electron chi connectivity index (χ0n) is 8.56. The van der Waals surface area contributed by atoms with Crippen molar-refractivity contribution in [1.29, 1.82) is 0 Å². The molecule has 1 nitrogen and oxygen atoms in total. The average molecular weight is 334 g/mol. The summed E-state index contributed by atoms with van der Waals surface area (Å²) in [5.41, 5.74) is 1.18. The summed E-state index contributed by atoms with van der Waals surface area (Å²) >= 11 is 8.28. The van der Waals surface area contributed by atoms with Gasteiger partial charge in [-0.05, 0) is 52.9 Å². The molecule has 0 aliphatic carbocycles. The minimum atomic E-state index is 0.200. The van der Waals surface area contributed by atoms with Gasteiger partial charge in [0.15, 0.2) is 0 Å². The van der Waals surface area contributed by atoms with E-state index in [9.17, 15) is 0 Å². The van der Waals surface area contributed by atoms with Gasteiger partial charge >= 0.3 is 0 Å². The third-order valence-corrected chi connectivity index (χ3v) is 3.32. The summed E-state index contributed by atoms with van der Waals surface area (Å²) in [6.07, 6.45) is 6.04. The Morgan fingerprint density at radius 3 is 2.93 bits per heavy atom. The molecular weight excluding hydrogens is 320 g/mol. The third kappa shape index (κ3) is 3.67. The average Bonchev–Trinajstić information content (AvgIpc) is 2.21. The van der Waals surface area contributed by atoms with Crippen molar-refractivity contribution in [2.45, 2.75) is 19.4 Å². The number of nitrogens with one attached hydrogen (secondary N) is 1. The second-order valence-corrected chi connectivity index (χ2v) is 4.78. The van der Waals surface area contributed by atoms with Gasteiger partial charge in [0.1, 0.15) is 0 Å². The Balaban J connectivity index is 2.99. The Bertz CT molecular complexity index is 370. The van der Waals surface area contributed by atoms with Crippen LogP contribution in [0.1, 0.15) is 24.9 Å². The maximum Gasteiger partial charge on any atom is 0.0441 e. The zero-order chi connectivity index (χ0) is 11.3. The first-order valence-electron chi connectivity index (χ1n) is 4.80. The quantitative estimate of drug-likeness (QED) is 0.655. The van der Waals surface area contributed by atoms with Crippen molar-refractivity contribution >= 4 is 34.2 Å². The van der Waals surface area contributed by atoms with E-state index in [4.69, 9.17) is 18.0 Å². The van der Waals surface area contributed by atoms with Crippen molar-refractivity contribution < 1.29 is 0 Å². The maximum absolute atomic E-state index is 5.98. The van der Waals surface area contributed by atoms with Crippen LogP contribution in [0.15, 0.2) is 18.2 Å². The van der Waals surface area contributed by atoms with Gasteiger partial charge in [-0.15, -0.1) is 12.3 Å². The molecular formula is C12H13ClIN. The largest absolute Gasteiger partial charge is 0.309 e. The second kappa shape index (κ2) is 6.37. The van der Waals surface area contributed by atoms with Crippen LogP contribution in [0.25, 0.3) is 0 Å². The molecule has 0 fully saturated rings. The Morgan fingerprint density at radius 1 is 1.60 bits per heavy atom. The van der Waals surface area contributed by atoms with E-state index in [1.165, 1.54) is 9.13 Å². The maximum atomic E-state index is 5.98. The van der Waals surface area contributed by atoms with Gasteiger partial charge in [-0.25, -0.2) is 0 Å². The van der Waals surface area contributed by atoms with E-state index in [0.29, 0.717) is 6.42 Å². The van der Waals surface area contributed by atoms with Gasteiger partial charge in [0.25, 0.3) is 0 Å². The van der Waals surface area contributed by atoms with Crippen LogP contribution in [-0.2, 0) is 0 Å². The van der Waals surface area contributed by atoms with E-state index < -0.39 is 0 Å². The smallest absolute Gasteiger partial charge is 0.0441 e. The lowest BCUT2D eigenvalue weighted by Gasteiger charge is -2.17. The van der Waals surface area contributed by atoms with E-state index in [-0.39, 0.29) is 6.04 Å². The molecule has 1 N–H and O–H groups in total. The second-order valence-electron chi connectivity index (χ2n) is 3.18. The number of halogens is 2. The van der Waals surface area contributed by atoms with Crippen LogP contribution >= 0.6 is 34.2 Å². The molecule has 0 spiro atoms. The Hall–Kier alpha value is -0.240. The third-order valence-electron chi connectivity index (χ3n) is 2.11. The highest BCUT2D eigenvalue weighted by atomic mass is 127. The number of benzene rings is 1. The first-order chi connectivity index (χ1) is 7.19. The molecule has 80 valence electrons. The molecule has 0 saturated heterocycles. The predicted octanol–water partition coefficient (Wildman–Crippen LogP) is 3.62. The first kappa shape index (κ1) is 12.8. The molecule has 15 heavy (non-hydrogen) atoms. The minimum Gasteiger partial charge on any atom is -0.309 e. The molecule has 0 radical (unpaired) electrons. The fourth-order valence-electron chi connectivity index (χ4n) is 1.44. The highest BCUT2D eigenvalue weighted by molar-refractivity contribution is 14.1. The number of hydrogen-bond donors (Lipinski definition) is 1. The van der Waals surface area contributed by atoms with Crippen LogP contribution in [-0.4, -0.2) is 6.54 Å². The summed E-state index contributed by atoms with van der Waals surface area (Å²) in [4.78, 5) is 0. The lowest BCUT2D eigenvalue weighted by atomic mass is 10.0. The lowest BCUT2D eigenvalue weighted by Crippen LogP contribution is -2.21. The minimum absolute atomic E-state index is 0.200. The molecule has 0 bridgehead atoms. The monoisotopic (exact) mass is 333 g/mol. The highest BCUT2D eigenvalue weighted by Gasteiger charge is 2.12. The van der Waals surface area contributed by atoms with Crippen LogP contribution in [0.3, 0.4) is 0 Å². The number of hydrogen-bond acceptors (Lipinski definition) is 1. The Labute approximate surface area is 110 Å². The van der Waals surface area contributed by atoms with Gasteiger partial charge in [0.2, 0.25) is 0 Å². The molecule has 1 atom stereocenters. The van der Waals surface area contributed by atoms with E-state index >= 15 is 0 Å². The molecule has 0 amide bonds. The van der Waals surface area contributed by atoms with E-state index in [1.807, 2.05) is 18.2 Å².